The van der Waals surface area contributed by atoms with Gasteiger partial charge in [0, 0.05) is 6.54 Å². The third-order valence-corrected chi connectivity index (χ3v) is 3.23. The van der Waals surface area contributed by atoms with Crippen molar-refractivity contribution in [2.75, 3.05) is 19.7 Å². The SMILES string of the molecule is Cc1ccc(OCC(=O)N(CC(C)(C)C)CC(F)(F)F)cc1C. The molecule has 6 heteroatoms. The smallest absolute Gasteiger partial charge is 0.406 e. The van der Waals surface area contributed by atoms with Crippen LogP contribution in [0, 0.1) is 19.3 Å². The first-order valence-electron chi connectivity index (χ1n) is 7.42. The summed E-state index contributed by atoms with van der Waals surface area (Å²) in [5.41, 5.74) is 1.65. The molecule has 0 aromatic heterocycles. The van der Waals surface area contributed by atoms with Crippen molar-refractivity contribution in [1.29, 1.82) is 0 Å². The molecular formula is C17H24F3NO2. The van der Waals surface area contributed by atoms with Crippen molar-refractivity contribution in [3.63, 3.8) is 0 Å². The van der Waals surface area contributed by atoms with Crippen molar-refractivity contribution in [2.24, 2.45) is 5.41 Å². The molecule has 0 unspecified atom stereocenters. The van der Waals surface area contributed by atoms with Gasteiger partial charge in [0.25, 0.3) is 5.91 Å². The minimum Gasteiger partial charge on any atom is -0.484 e. The number of carbonyl (C=O) groups excluding carboxylic acids is 1. The van der Waals surface area contributed by atoms with Gasteiger partial charge in [-0.25, -0.2) is 0 Å². The molecule has 1 aromatic carbocycles. The molecule has 0 saturated carbocycles. The Bertz CT molecular complexity index is 532. The Balaban J connectivity index is 2.74. The zero-order valence-electron chi connectivity index (χ0n) is 14.3. The minimum absolute atomic E-state index is 0.0155. The molecule has 1 amide bonds. The number of hydrogen-bond acceptors (Lipinski definition) is 2. The summed E-state index contributed by atoms with van der Waals surface area (Å²) in [6.07, 6.45) is -4.43. The van der Waals surface area contributed by atoms with E-state index >= 15 is 0 Å². The molecule has 3 nitrogen and oxygen atoms in total. The third kappa shape index (κ3) is 7.39. The van der Waals surface area contributed by atoms with Gasteiger partial charge < -0.3 is 9.64 Å². The monoisotopic (exact) mass is 331 g/mol. The van der Waals surface area contributed by atoms with Crippen molar-refractivity contribution in [3.8, 4) is 5.75 Å². The van der Waals surface area contributed by atoms with Gasteiger partial charge >= 0.3 is 6.18 Å². The molecule has 0 bridgehead atoms. The van der Waals surface area contributed by atoms with Crippen LogP contribution in [-0.2, 0) is 4.79 Å². The van der Waals surface area contributed by atoms with Crippen LogP contribution >= 0.6 is 0 Å². The number of aryl methyl sites for hydroxylation is 2. The summed E-state index contributed by atoms with van der Waals surface area (Å²) in [7, 11) is 0. The minimum atomic E-state index is -4.43. The van der Waals surface area contributed by atoms with Gasteiger partial charge in [-0.05, 0) is 42.5 Å². The maximum absolute atomic E-state index is 12.7. The molecule has 0 saturated heterocycles. The number of nitrogens with zero attached hydrogens (tertiary/aromatic N) is 1. The molecule has 0 aliphatic rings. The summed E-state index contributed by atoms with van der Waals surface area (Å²) < 4.78 is 43.4. The van der Waals surface area contributed by atoms with Crippen LogP contribution < -0.4 is 4.74 Å². The number of ether oxygens (including phenoxy) is 1. The second kappa shape index (κ2) is 7.23. The summed E-state index contributed by atoms with van der Waals surface area (Å²) in [5.74, 6) is -0.195. The second-order valence-corrected chi connectivity index (χ2v) is 6.96. The molecule has 0 radical (unpaired) electrons. The van der Waals surface area contributed by atoms with E-state index in [1.54, 1.807) is 32.9 Å². The fourth-order valence-electron chi connectivity index (χ4n) is 2.06. The second-order valence-electron chi connectivity index (χ2n) is 6.96. The van der Waals surface area contributed by atoms with Crippen LogP contribution in [0.15, 0.2) is 18.2 Å². The van der Waals surface area contributed by atoms with Gasteiger partial charge in [-0.15, -0.1) is 0 Å². The first kappa shape index (κ1) is 19.3. The molecular weight excluding hydrogens is 307 g/mol. The van der Waals surface area contributed by atoms with Crippen molar-refractivity contribution in [2.45, 2.75) is 40.8 Å². The number of hydrogen-bond donors (Lipinski definition) is 0. The van der Waals surface area contributed by atoms with Crippen LogP contribution in [0.3, 0.4) is 0 Å². The Morgan fingerprint density at radius 1 is 1.09 bits per heavy atom. The molecule has 0 fully saturated rings. The molecule has 1 rings (SSSR count). The summed E-state index contributed by atoms with van der Waals surface area (Å²) >= 11 is 0. The highest BCUT2D eigenvalue weighted by atomic mass is 19.4. The number of carbonyl (C=O) groups is 1. The summed E-state index contributed by atoms with van der Waals surface area (Å²) in [6, 6.07) is 5.31. The Morgan fingerprint density at radius 3 is 2.17 bits per heavy atom. The molecule has 0 aliphatic heterocycles. The Hall–Kier alpha value is -1.72. The number of benzene rings is 1. The standard InChI is InChI=1S/C17H24F3NO2/c1-12-6-7-14(8-13(12)2)23-9-15(22)21(10-16(3,4)5)11-17(18,19)20/h6-8H,9-11H2,1-5H3. The van der Waals surface area contributed by atoms with Gasteiger partial charge in [0.05, 0.1) is 0 Å². The number of amides is 1. The van der Waals surface area contributed by atoms with Crippen molar-refractivity contribution in [3.05, 3.63) is 29.3 Å². The predicted molar refractivity (Wildman–Crippen MR) is 83.5 cm³/mol. The third-order valence-electron chi connectivity index (χ3n) is 3.23. The van der Waals surface area contributed by atoms with E-state index in [0.29, 0.717) is 5.75 Å². The Morgan fingerprint density at radius 2 is 1.70 bits per heavy atom. The summed E-state index contributed by atoms with van der Waals surface area (Å²) in [5, 5.41) is 0. The van der Waals surface area contributed by atoms with Crippen LogP contribution in [0.2, 0.25) is 0 Å². The van der Waals surface area contributed by atoms with Crippen LogP contribution in [0.4, 0.5) is 13.2 Å². The lowest BCUT2D eigenvalue weighted by atomic mass is 9.96. The van der Waals surface area contributed by atoms with E-state index in [4.69, 9.17) is 4.74 Å². The first-order valence-corrected chi connectivity index (χ1v) is 7.42. The lowest BCUT2D eigenvalue weighted by molar-refractivity contribution is -0.164. The lowest BCUT2D eigenvalue weighted by Crippen LogP contribution is -2.45. The van der Waals surface area contributed by atoms with Gasteiger partial charge in [0.1, 0.15) is 12.3 Å². The molecule has 1 aromatic rings. The predicted octanol–water partition coefficient (Wildman–Crippen LogP) is 4.12. The number of halogens is 3. The van der Waals surface area contributed by atoms with Crippen molar-refractivity contribution >= 4 is 5.91 Å². The zero-order chi connectivity index (χ0) is 17.8. The van der Waals surface area contributed by atoms with Crippen molar-refractivity contribution < 1.29 is 22.7 Å². The average molecular weight is 331 g/mol. The van der Waals surface area contributed by atoms with E-state index < -0.39 is 30.7 Å². The van der Waals surface area contributed by atoms with E-state index in [9.17, 15) is 18.0 Å². The van der Waals surface area contributed by atoms with Crippen LogP contribution in [0.1, 0.15) is 31.9 Å². The molecule has 0 N–H and O–H groups in total. The topological polar surface area (TPSA) is 29.5 Å². The van der Waals surface area contributed by atoms with Crippen LogP contribution in [-0.4, -0.2) is 36.7 Å². The van der Waals surface area contributed by atoms with Crippen molar-refractivity contribution in [1.82, 2.24) is 4.90 Å². The zero-order valence-corrected chi connectivity index (χ0v) is 14.3. The quantitative estimate of drug-likeness (QED) is 0.812. The number of rotatable bonds is 5. The highest BCUT2D eigenvalue weighted by Gasteiger charge is 2.34. The van der Waals surface area contributed by atoms with Gasteiger partial charge in [-0.3, -0.25) is 4.79 Å². The normalized spacial score (nSPS) is 12.2. The van der Waals surface area contributed by atoms with Crippen LogP contribution in [0.5, 0.6) is 5.75 Å². The lowest BCUT2D eigenvalue weighted by Gasteiger charge is -2.30. The largest absolute Gasteiger partial charge is 0.484 e. The summed E-state index contributed by atoms with van der Waals surface area (Å²) in [6.45, 7) is 7.55. The maximum Gasteiger partial charge on any atom is 0.406 e. The Kier molecular flexibility index (Phi) is 6.08. The molecule has 0 atom stereocenters. The fraction of sp³-hybridized carbons (Fsp3) is 0.588. The van der Waals surface area contributed by atoms with E-state index in [0.717, 1.165) is 16.0 Å². The summed E-state index contributed by atoms with van der Waals surface area (Å²) in [4.78, 5) is 12.9. The van der Waals surface area contributed by atoms with E-state index in [2.05, 4.69) is 0 Å². The maximum atomic E-state index is 12.7. The highest BCUT2D eigenvalue weighted by Crippen LogP contribution is 2.22. The van der Waals surface area contributed by atoms with Crippen LogP contribution in [0.25, 0.3) is 0 Å². The number of alkyl halides is 3. The molecule has 23 heavy (non-hydrogen) atoms. The van der Waals surface area contributed by atoms with Gasteiger partial charge in [0.2, 0.25) is 0 Å². The molecule has 0 aliphatic carbocycles. The van der Waals surface area contributed by atoms with Gasteiger partial charge in [0.15, 0.2) is 6.61 Å². The van der Waals surface area contributed by atoms with Gasteiger partial charge in [-0.2, -0.15) is 13.2 Å². The molecule has 0 heterocycles. The fourth-order valence-corrected chi connectivity index (χ4v) is 2.06. The first-order chi connectivity index (χ1) is 10.4. The Labute approximate surface area is 135 Å². The highest BCUT2D eigenvalue weighted by molar-refractivity contribution is 5.77. The molecule has 0 spiro atoms. The van der Waals surface area contributed by atoms with Gasteiger partial charge in [-0.1, -0.05) is 26.8 Å². The average Bonchev–Trinajstić information content (AvgIpc) is 2.35. The molecule has 130 valence electrons. The van der Waals surface area contributed by atoms with E-state index in [1.807, 2.05) is 19.9 Å². The van der Waals surface area contributed by atoms with E-state index in [1.165, 1.54) is 0 Å². The van der Waals surface area contributed by atoms with E-state index in [-0.39, 0.29) is 6.54 Å².